The molecule has 150 valence electrons. The van der Waals surface area contributed by atoms with E-state index in [-0.39, 0.29) is 12.1 Å². The van der Waals surface area contributed by atoms with E-state index in [9.17, 15) is 4.79 Å². The molecule has 3 aromatic rings. The summed E-state index contributed by atoms with van der Waals surface area (Å²) in [5, 5.41) is 5.98. The number of hydrogen-bond donors (Lipinski definition) is 2. The predicted molar refractivity (Wildman–Crippen MR) is 111 cm³/mol. The molecule has 1 atom stereocenters. The summed E-state index contributed by atoms with van der Waals surface area (Å²) >= 11 is 0. The van der Waals surface area contributed by atoms with Crippen LogP contribution in [0.25, 0.3) is 11.5 Å². The number of nitrogens with zero attached hydrogens (tertiary/aromatic N) is 4. The Kier molecular flexibility index (Phi) is 5.69. The number of anilines is 2. The number of oxazole rings is 1. The fraction of sp³-hybridized carbons (Fsp3) is 0.333. The summed E-state index contributed by atoms with van der Waals surface area (Å²) < 4.78 is 5.32. The fourth-order valence-corrected chi connectivity index (χ4v) is 3.50. The van der Waals surface area contributed by atoms with Crippen LogP contribution in [0, 0.1) is 0 Å². The summed E-state index contributed by atoms with van der Waals surface area (Å²) in [5.74, 6) is 1.44. The first kappa shape index (κ1) is 18.9. The van der Waals surface area contributed by atoms with Crippen LogP contribution in [0.5, 0.6) is 0 Å². The van der Waals surface area contributed by atoms with E-state index in [1.165, 1.54) is 6.26 Å². The molecule has 1 unspecified atom stereocenters. The van der Waals surface area contributed by atoms with Gasteiger partial charge in [-0.05, 0) is 37.5 Å². The average Bonchev–Trinajstić information content (AvgIpc) is 3.29. The molecule has 0 bridgehead atoms. The van der Waals surface area contributed by atoms with Crippen molar-refractivity contribution in [1.82, 2.24) is 20.3 Å². The Morgan fingerprint density at radius 3 is 3.03 bits per heavy atom. The summed E-state index contributed by atoms with van der Waals surface area (Å²) in [6, 6.07) is 9.28. The molecule has 1 aromatic carbocycles. The zero-order valence-electron chi connectivity index (χ0n) is 16.3. The summed E-state index contributed by atoms with van der Waals surface area (Å²) in [6.45, 7) is 3.73. The van der Waals surface area contributed by atoms with Gasteiger partial charge in [0.1, 0.15) is 18.4 Å². The Morgan fingerprint density at radius 1 is 1.28 bits per heavy atom. The van der Waals surface area contributed by atoms with E-state index in [1.807, 2.05) is 30.3 Å². The van der Waals surface area contributed by atoms with E-state index in [0.29, 0.717) is 11.6 Å². The van der Waals surface area contributed by atoms with Gasteiger partial charge in [-0.25, -0.2) is 19.7 Å². The van der Waals surface area contributed by atoms with Crippen molar-refractivity contribution in [1.29, 1.82) is 0 Å². The number of carbonyl (C=O) groups excluding carboxylic acids is 1. The second-order valence-electron chi connectivity index (χ2n) is 7.02. The van der Waals surface area contributed by atoms with Crippen LogP contribution in [0.4, 0.5) is 16.3 Å². The number of amides is 2. The fourth-order valence-electron chi connectivity index (χ4n) is 3.50. The zero-order chi connectivity index (χ0) is 20.1. The van der Waals surface area contributed by atoms with Crippen molar-refractivity contribution >= 4 is 17.5 Å². The van der Waals surface area contributed by atoms with E-state index >= 15 is 0 Å². The first-order valence-electron chi connectivity index (χ1n) is 9.84. The van der Waals surface area contributed by atoms with Crippen molar-refractivity contribution in [2.45, 2.75) is 32.2 Å². The highest BCUT2D eigenvalue weighted by molar-refractivity contribution is 5.90. The Balaban J connectivity index is 1.36. The van der Waals surface area contributed by atoms with Gasteiger partial charge in [0.2, 0.25) is 5.89 Å². The van der Waals surface area contributed by atoms with Crippen LogP contribution in [0.1, 0.15) is 25.5 Å². The third kappa shape index (κ3) is 4.71. The second kappa shape index (κ2) is 8.72. The Morgan fingerprint density at radius 2 is 2.21 bits per heavy atom. The summed E-state index contributed by atoms with van der Waals surface area (Å²) in [5.41, 5.74) is 2.52. The van der Waals surface area contributed by atoms with Crippen LogP contribution in [0.15, 0.2) is 53.5 Å². The van der Waals surface area contributed by atoms with Gasteiger partial charge in [0.25, 0.3) is 0 Å². The molecule has 8 nitrogen and oxygen atoms in total. The molecule has 2 amide bonds. The highest BCUT2D eigenvalue weighted by Crippen LogP contribution is 2.21. The number of urea groups is 1. The number of piperidine rings is 1. The van der Waals surface area contributed by atoms with Gasteiger partial charge in [0.15, 0.2) is 0 Å². The van der Waals surface area contributed by atoms with Gasteiger partial charge >= 0.3 is 6.03 Å². The largest absolute Gasteiger partial charge is 0.445 e. The van der Waals surface area contributed by atoms with E-state index in [4.69, 9.17) is 4.42 Å². The van der Waals surface area contributed by atoms with Gasteiger partial charge in [-0.15, -0.1) is 0 Å². The minimum Gasteiger partial charge on any atom is -0.445 e. The van der Waals surface area contributed by atoms with Crippen LogP contribution < -0.4 is 15.5 Å². The Bertz CT molecular complexity index is 959. The SMILES string of the molecule is CCc1cc(N2CCCC(NC(=O)Nc3cccc(-c4ncco4)c3)C2)ncn1. The van der Waals surface area contributed by atoms with Crippen molar-refractivity contribution in [3.63, 3.8) is 0 Å². The molecule has 0 saturated carbocycles. The minimum absolute atomic E-state index is 0.0544. The minimum atomic E-state index is -0.224. The molecule has 3 heterocycles. The zero-order valence-corrected chi connectivity index (χ0v) is 16.3. The van der Waals surface area contributed by atoms with Crippen molar-refractivity contribution in [2.75, 3.05) is 23.3 Å². The lowest BCUT2D eigenvalue weighted by molar-refractivity contribution is 0.246. The van der Waals surface area contributed by atoms with E-state index in [0.717, 1.165) is 49.4 Å². The maximum Gasteiger partial charge on any atom is 0.319 e. The lowest BCUT2D eigenvalue weighted by Gasteiger charge is -2.34. The van der Waals surface area contributed by atoms with Crippen LogP contribution in [-0.2, 0) is 6.42 Å². The summed E-state index contributed by atoms with van der Waals surface area (Å²) in [4.78, 5) is 27.5. The van der Waals surface area contributed by atoms with Crippen LogP contribution in [0.2, 0.25) is 0 Å². The van der Waals surface area contributed by atoms with Gasteiger partial charge in [-0.3, -0.25) is 0 Å². The van der Waals surface area contributed by atoms with Gasteiger partial charge in [0, 0.05) is 42.1 Å². The number of hydrogen-bond acceptors (Lipinski definition) is 6. The third-order valence-electron chi connectivity index (χ3n) is 4.95. The number of carbonyl (C=O) groups is 1. The first-order chi connectivity index (χ1) is 14.2. The molecular formula is C21H24N6O2. The van der Waals surface area contributed by atoms with E-state index in [1.54, 1.807) is 12.5 Å². The van der Waals surface area contributed by atoms with Gasteiger partial charge in [-0.1, -0.05) is 13.0 Å². The van der Waals surface area contributed by atoms with Gasteiger partial charge in [0.05, 0.1) is 6.20 Å². The molecule has 1 aliphatic heterocycles. The number of benzene rings is 1. The van der Waals surface area contributed by atoms with E-state index < -0.39 is 0 Å². The van der Waals surface area contributed by atoms with Crippen molar-refractivity contribution < 1.29 is 9.21 Å². The second-order valence-corrected chi connectivity index (χ2v) is 7.02. The maximum atomic E-state index is 12.5. The lowest BCUT2D eigenvalue weighted by atomic mass is 10.1. The first-order valence-corrected chi connectivity index (χ1v) is 9.84. The lowest BCUT2D eigenvalue weighted by Crippen LogP contribution is -2.49. The molecule has 0 radical (unpaired) electrons. The molecule has 1 aliphatic rings. The van der Waals surface area contributed by atoms with Crippen molar-refractivity contribution in [2.24, 2.45) is 0 Å². The Hall–Kier alpha value is -3.42. The van der Waals surface area contributed by atoms with Gasteiger partial charge in [-0.2, -0.15) is 0 Å². The number of aromatic nitrogens is 3. The molecule has 2 aromatic heterocycles. The number of rotatable bonds is 5. The molecule has 1 fully saturated rings. The maximum absolute atomic E-state index is 12.5. The molecule has 0 aliphatic carbocycles. The average molecular weight is 392 g/mol. The molecule has 0 spiro atoms. The van der Waals surface area contributed by atoms with Crippen LogP contribution >= 0.6 is 0 Å². The quantitative estimate of drug-likeness (QED) is 0.690. The molecule has 4 rings (SSSR count). The molecular weight excluding hydrogens is 368 g/mol. The standard InChI is InChI=1S/C21H24N6O2/c1-2-16-12-19(24-14-23-16)27-9-4-7-18(13-27)26-21(28)25-17-6-3-5-15(11-17)20-22-8-10-29-20/h3,5-6,8,10-12,14,18H,2,4,7,9,13H2,1H3,(H2,25,26,28). The van der Waals surface area contributed by atoms with Gasteiger partial charge < -0.3 is 20.0 Å². The molecule has 8 heteroatoms. The molecule has 29 heavy (non-hydrogen) atoms. The highest BCUT2D eigenvalue weighted by Gasteiger charge is 2.22. The smallest absolute Gasteiger partial charge is 0.319 e. The third-order valence-corrected chi connectivity index (χ3v) is 4.95. The van der Waals surface area contributed by atoms with Crippen LogP contribution in [-0.4, -0.2) is 40.1 Å². The normalized spacial score (nSPS) is 16.4. The monoisotopic (exact) mass is 392 g/mol. The highest BCUT2D eigenvalue weighted by atomic mass is 16.3. The number of aryl methyl sites for hydroxylation is 1. The Labute approximate surface area is 169 Å². The van der Waals surface area contributed by atoms with E-state index in [2.05, 4.69) is 37.4 Å². The van der Waals surface area contributed by atoms with Crippen molar-refractivity contribution in [3.05, 3.63) is 54.8 Å². The van der Waals surface area contributed by atoms with Crippen LogP contribution in [0.3, 0.4) is 0 Å². The molecule has 2 N–H and O–H groups in total. The molecule has 1 saturated heterocycles. The topological polar surface area (TPSA) is 96.2 Å². The summed E-state index contributed by atoms with van der Waals surface area (Å²) in [7, 11) is 0. The number of nitrogens with one attached hydrogen (secondary N) is 2. The van der Waals surface area contributed by atoms with Crippen molar-refractivity contribution in [3.8, 4) is 11.5 Å². The summed E-state index contributed by atoms with van der Waals surface area (Å²) in [6.07, 6.45) is 7.54. The predicted octanol–water partition coefficient (Wildman–Crippen LogP) is 3.48.